The smallest absolute Gasteiger partial charge is 0.249 e. The number of amides is 1. The molecule has 0 radical (unpaired) electrons. The normalized spacial score (nSPS) is 9.90. The molecule has 2 heterocycles. The lowest BCUT2D eigenvalue weighted by molar-refractivity contribution is -0.128. The van der Waals surface area contributed by atoms with E-state index in [-0.39, 0.29) is 11.5 Å². The molecular weight excluding hydrogens is 268 g/mol. The number of aromatic amines is 1. The second-order valence-corrected chi connectivity index (χ2v) is 4.55. The van der Waals surface area contributed by atoms with Crippen LogP contribution in [0.1, 0.15) is 32.4 Å². The maximum Gasteiger partial charge on any atom is 0.249 e. The van der Waals surface area contributed by atoms with Crippen molar-refractivity contribution in [1.29, 1.82) is 0 Å². The Bertz CT molecular complexity index is 649. The number of pyridine rings is 1. The summed E-state index contributed by atoms with van der Waals surface area (Å²) < 4.78 is 0. The van der Waals surface area contributed by atoms with Gasteiger partial charge >= 0.3 is 0 Å². The van der Waals surface area contributed by atoms with E-state index in [1.807, 2.05) is 13.8 Å². The fraction of sp³-hybridized carbons (Fsp3) is 0.467. The highest BCUT2D eigenvalue weighted by atomic mass is 16.2. The van der Waals surface area contributed by atoms with Gasteiger partial charge in [0, 0.05) is 32.0 Å². The molecule has 0 aromatic carbocycles. The molecule has 0 atom stereocenters. The van der Waals surface area contributed by atoms with Crippen LogP contribution in [0.25, 0.3) is 11.0 Å². The fourth-order valence-corrected chi connectivity index (χ4v) is 1.85. The molecule has 2 aromatic rings. The first kappa shape index (κ1) is 16.8. The number of hydrogen-bond donors (Lipinski definition) is 1. The maximum atomic E-state index is 11.5. The number of hydrogen-bond acceptors (Lipinski definition) is 4. The number of aromatic nitrogens is 3. The molecule has 1 amide bonds. The highest BCUT2D eigenvalue weighted by molar-refractivity contribution is 5.77. The van der Waals surface area contributed by atoms with E-state index in [0.717, 1.165) is 17.5 Å². The predicted octanol–water partition coefficient (Wildman–Crippen LogP) is 1.76. The van der Waals surface area contributed by atoms with Gasteiger partial charge in [-0.1, -0.05) is 13.8 Å². The topological polar surface area (TPSA) is 79.0 Å². The van der Waals surface area contributed by atoms with Gasteiger partial charge in [-0.15, -0.1) is 0 Å². The van der Waals surface area contributed by atoms with E-state index in [2.05, 4.69) is 15.0 Å². The van der Waals surface area contributed by atoms with Gasteiger partial charge in [-0.25, -0.2) is 9.97 Å². The summed E-state index contributed by atoms with van der Waals surface area (Å²) in [5.74, 6) is 0.103. The Morgan fingerprint density at radius 3 is 2.62 bits per heavy atom. The van der Waals surface area contributed by atoms with E-state index < -0.39 is 0 Å². The van der Waals surface area contributed by atoms with Gasteiger partial charge in [0.15, 0.2) is 0 Å². The minimum Gasteiger partial charge on any atom is -0.349 e. The van der Waals surface area contributed by atoms with Crippen LogP contribution in [0.15, 0.2) is 23.3 Å². The van der Waals surface area contributed by atoms with Crippen molar-refractivity contribution >= 4 is 16.9 Å². The van der Waals surface area contributed by atoms with Crippen molar-refractivity contribution in [3.8, 4) is 0 Å². The van der Waals surface area contributed by atoms with Crippen molar-refractivity contribution in [2.24, 2.45) is 0 Å². The molecule has 2 rings (SSSR count). The van der Waals surface area contributed by atoms with Gasteiger partial charge in [0.2, 0.25) is 11.5 Å². The maximum absolute atomic E-state index is 11.5. The van der Waals surface area contributed by atoms with Crippen molar-refractivity contribution in [3.63, 3.8) is 0 Å². The van der Waals surface area contributed by atoms with Crippen molar-refractivity contribution in [2.45, 2.75) is 33.1 Å². The molecule has 21 heavy (non-hydrogen) atoms. The van der Waals surface area contributed by atoms with Crippen LogP contribution in [-0.2, 0) is 11.2 Å². The number of fused-ring (bicyclic) bond motifs is 1. The highest BCUT2D eigenvalue weighted by Crippen LogP contribution is 2.13. The van der Waals surface area contributed by atoms with Gasteiger partial charge in [-0.3, -0.25) is 9.59 Å². The monoisotopic (exact) mass is 290 g/mol. The Morgan fingerprint density at radius 2 is 1.95 bits per heavy atom. The van der Waals surface area contributed by atoms with Gasteiger partial charge < -0.3 is 9.88 Å². The van der Waals surface area contributed by atoms with Crippen LogP contribution in [-0.4, -0.2) is 39.9 Å². The zero-order chi connectivity index (χ0) is 15.8. The Labute approximate surface area is 124 Å². The summed E-state index contributed by atoms with van der Waals surface area (Å²) in [6.45, 7) is 4.00. The second kappa shape index (κ2) is 8.14. The van der Waals surface area contributed by atoms with Crippen LogP contribution >= 0.6 is 0 Å². The second-order valence-electron chi connectivity index (χ2n) is 4.55. The number of nitrogens with one attached hydrogen (secondary N) is 1. The number of carbonyl (C=O) groups excluding carboxylic acids is 1. The molecule has 1 N–H and O–H groups in total. The quantitative estimate of drug-likeness (QED) is 0.930. The van der Waals surface area contributed by atoms with Crippen molar-refractivity contribution in [1.82, 2.24) is 19.9 Å². The molecule has 0 saturated heterocycles. The number of rotatable bonds is 4. The summed E-state index contributed by atoms with van der Waals surface area (Å²) in [6.07, 6.45) is 3.33. The molecule has 0 unspecified atom stereocenters. The summed E-state index contributed by atoms with van der Waals surface area (Å²) in [5.41, 5.74) is 1.21. The summed E-state index contributed by atoms with van der Waals surface area (Å²) in [4.78, 5) is 35.2. The number of nitrogens with zero attached hydrogens (tertiary/aromatic N) is 3. The molecule has 0 aliphatic rings. The van der Waals surface area contributed by atoms with E-state index in [1.54, 1.807) is 25.1 Å². The van der Waals surface area contributed by atoms with Crippen LogP contribution in [0, 0.1) is 0 Å². The SMILES string of the molecule is CC.CN(C)C(=O)CCCc1ncnc2[nH]c(=O)ccc12. The lowest BCUT2D eigenvalue weighted by atomic mass is 10.1. The predicted molar refractivity (Wildman–Crippen MR) is 83.1 cm³/mol. The van der Waals surface area contributed by atoms with Crippen LogP contribution in [0.3, 0.4) is 0 Å². The van der Waals surface area contributed by atoms with Gasteiger partial charge in [0.25, 0.3) is 0 Å². The molecular formula is C15H22N4O2. The Morgan fingerprint density at radius 1 is 1.24 bits per heavy atom. The largest absolute Gasteiger partial charge is 0.349 e. The molecule has 0 bridgehead atoms. The van der Waals surface area contributed by atoms with Crippen molar-refractivity contribution in [3.05, 3.63) is 34.5 Å². The zero-order valence-electron chi connectivity index (χ0n) is 13.0. The minimum absolute atomic E-state index is 0.103. The third-order valence-corrected chi connectivity index (χ3v) is 2.91. The molecule has 114 valence electrons. The highest BCUT2D eigenvalue weighted by Gasteiger charge is 2.07. The molecule has 0 fully saturated rings. The first-order chi connectivity index (χ1) is 10.1. The van der Waals surface area contributed by atoms with Crippen LogP contribution in [0.5, 0.6) is 0 Å². The molecule has 0 aliphatic carbocycles. The molecule has 0 aliphatic heterocycles. The lowest BCUT2D eigenvalue weighted by Crippen LogP contribution is -2.21. The van der Waals surface area contributed by atoms with Gasteiger partial charge in [0.05, 0.1) is 5.69 Å². The summed E-state index contributed by atoms with van der Waals surface area (Å²) in [6, 6.07) is 3.18. The van der Waals surface area contributed by atoms with Gasteiger partial charge in [-0.05, 0) is 18.9 Å². The molecule has 2 aromatic heterocycles. The Balaban J connectivity index is 0.00000106. The zero-order valence-corrected chi connectivity index (χ0v) is 13.0. The summed E-state index contributed by atoms with van der Waals surface area (Å²) in [5, 5.41) is 0.833. The van der Waals surface area contributed by atoms with E-state index >= 15 is 0 Å². The average molecular weight is 290 g/mol. The first-order valence-electron chi connectivity index (χ1n) is 7.11. The van der Waals surface area contributed by atoms with Crippen molar-refractivity contribution in [2.75, 3.05) is 14.1 Å². The lowest BCUT2D eigenvalue weighted by Gasteiger charge is -2.09. The van der Waals surface area contributed by atoms with E-state index in [4.69, 9.17) is 0 Å². The molecule has 0 saturated carbocycles. The minimum atomic E-state index is -0.181. The van der Waals surface area contributed by atoms with Crippen molar-refractivity contribution < 1.29 is 4.79 Å². The average Bonchev–Trinajstić information content (AvgIpc) is 2.48. The summed E-state index contributed by atoms with van der Waals surface area (Å²) in [7, 11) is 3.49. The molecule has 6 heteroatoms. The van der Waals surface area contributed by atoms with Crippen LogP contribution in [0.4, 0.5) is 0 Å². The van der Waals surface area contributed by atoms with E-state index in [9.17, 15) is 9.59 Å². The molecule has 6 nitrogen and oxygen atoms in total. The first-order valence-corrected chi connectivity index (χ1v) is 7.11. The summed E-state index contributed by atoms with van der Waals surface area (Å²) >= 11 is 0. The van der Waals surface area contributed by atoms with Crippen LogP contribution < -0.4 is 5.56 Å². The number of aryl methyl sites for hydroxylation is 1. The van der Waals surface area contributed by atoms with E-state index in [0.29, 0.717) is 18.5 Å². The van der Waals surface area contributed by atoms with Gasteiger partial charge in [-0.2, -0.15) is 0 Å². The molecule has 0 spiro atoms. The third kappa shape index (κ3) is 4.66. The fourth-order valence-electron chi connectivity index (χ4n) is 1.85. The Kier molecular flexibility index (Phi) is 6.52. The standard InChI is InChI=1S/C13H16N4O2.C2H6/c1-17(2)12(19)5-3-4-10-9-6-7-11(18)16-13(9)15-8-14-10;1-2/h6-8H,3-5H2,1-2H3,(H,14,15,16,18);1-2H3. The Hall–Kier alpha value is -2.24. The van der Waals surface area contributed by atoms with Crippen LogP contribution in [0.2, 0.25) is 0 Å². The van der Waals surface area contributed by atoms with E-state index in [1.165, 1.54) is 12.4 Å². The number of H-pyrrole nitrogens is 1. The number of carbonyl (C=O) groups is 1. The third-order valence-electron chi connectivity index (χ3n) is 2.91. The van der Waals surface area contributed by atoms with Gasteiger partial charge in [0.1, 0.15) is 12.0 Å².